The van der Waals surface area contributed by atoms with Gasteiger partial charge in [0.15, 0.2) is 0 Å². The second-order valence-corrected chi connectivity index (χ2v) is 4.94. The molecule has 0 aliphatic heterocycles. The number of carboxylic acid groups (broad SMARTS) is 1. The maximum atomic E-state index is 11.7. The normalized spacial score (nSPS) is 20.4. The number of rotatable bonds is 7. The molecule has 5 nitrogen and oxygen atoms in total. The van der Waals surface area contributed by atoms with Gasteiger partial charge in [-0.2, -0.15) is 0 Å². The number of hydrogen-bond acceptors (Lipinski definition) is 3. The van der Waals surface area contributed by atoms with Gasteiger partial charge in [-0.25, -0.2) is 0 Å². The first-order chi connectivity index (χ1) is 7.91. The van der Waals surface area contributed by atoms with Crippen LogP contribution in [0.1, 0.15) is 40.0 Å². The van der Waals surface area contributed by atoms with Gasteiger partial charge in [0.2, 0.25) is 5.91 Å². The van der Waals surface area contributed by atoms with Gasteiger partial charge >= 0.3 is 5.97 Å². The molecule has 2 atom stereocenters. The number of carbonyl (C=O) groups excluding carboxylic acids is 1. The predicted octanol–water partition coefficient (Wildman–Crippen LogP) is 0.744. The Morgan fingerprint density at radius 3 is 2.47 bits per heavy atom. The Balaban J connectivity index is 2.55. The Labute approximate surface area is 102 Å². The largest absolute Gasteiger partial charge is 0.480 e. The van der Waals surface area contributed by atoms with Crippen LogP contribution in [0.5, 0.6) is 0 Å². The molecule has 0 bridgehead atoms. The van der Waals surface area contributed by atoms with E-state index in [0.717, 1.165) is 19.3 Å². The van der Waals surface area contributed by atoms with E-state index in [1.54, 1.807) is 13.8 Å². The zero-order chi connectivity index (χ0) is 13.1. The number of aliphatic carboxylic acids is 1. The summed E-state index contributed by atoms with van der Waals surface area (Å²) < 4.78 is 0. The van der Waals surface area contributed by atoms with E-state index in [1.807, 2.05) is 6.92 Å². The summed E-state index contributed by atoms with van der Waals surface area (Å²) in [6, 6.07) is -0.483. The van der Waals surface area contributed by atoms with Crippen LogP contribution in [0.4, 0.5) is 0 Å². The third-order valence-corrected chi connectivity index (χ3v) is 3.30. The number of carboxylic acids is 1. The van der Waals surface area contributed by atoms with Crippen molar-refractivity contribution in [2.24, 2.45) is 5.92 Å². The van der Waals surface area contributed by atoms with Gasteiger partial charge in [0, 0.05) is 6.54 Å². The minimum Gasteiger partial charge on any atom is -0.480 e. The lowest BCUT2D eigenvalue weighted by atomic mass is 9.94. The molecule has 1 aliphatic rings. The lowest BCUT2D eigenvalue weighted by molar-refractivity contribution is -0.145. The first kappa shape index (κ1) is 14.0. The van der Waals surface area contributed by atoms with Crippen molar-refractivity contribution >= 4 is 11.9 Å². The van der Waals surface area contributed by atoms with Crippen molar-refractivity contribution < 1.29 is 14.7 Å². The average molecular weight is 242 g/mol. The highest BCUT2D eigenvalue weighted by molar-refractivity contribution is 5.84. The van der Waals surface area contributed by atoms with E-state index < -0.39 is 17.6 Å². The molecular formula is C12H22N2O3. The van der Waals surface area contributed by atoms with Crippen LogP contribution in [0, 0.1) is 5.92 Å². The van der Waals surface area contributed by atoms with Gasteiger partial charge in [-0.3, -0.25) is 14.9 Å². The Morgan fingerprint density at radius 2 is 2.06 bits per heavy atom. The summed E-state index contributed by atoms with van der Waals surface area (Å²) >= 11 is 0. The Bertz CT molecular complexity index is 302. The van der Waals surface area contributed by atoms with Crippen LogP contribution in [0.2, 0.25) is 0 Å². The summed E-state index contributed by atoms with van der Waals surface area (Å²) in [6.07, 6.45) is 2.70. The maximum Gasteiger partial charge on any atom is 0.323 e. The molecule has 5 heteroatoms. The monoisotopic (exact) mass is 242 g/mol. The summed E-state index contributed by atoms with van der Waals surface area (Å²) in [5, 5.41) is 15.0. The van der Waals surface area contributed by atoms with E-state index in [2.05, 4.69) is 10.6 Å². The fraction of sp³-hybridized carbons (Fsp3) is 0.833. The number of nitrogens with one attached hydrogen (secondary N) is 2. The van der Waals surface area contributed by atoms with Crippen molar-refractivity contribution in [3.8, 4) is 0 Å². The molecule has 0 aromatic rings. The Morgan fingerprint density at radius 1 is 1.47 bits per heavy atom. The van der Waals surface area contributed by atoms with Crippen molar-refractivity contribution in [3.63, 3.8) is 0 Å². The van der Waals surface area contributed by atoms with Gasteiger partial charge in [0.1, 0.15) is 5.54 Å². The highest BCUT2D eigenvalue weighted by atomic mass is 16.4. The molecular weight excluding hydrogens is 220 g/mol. The topological polar surface area (TPSA) is 78.4 Å². The minimum atomic E-state index is -0.983. The Kier molecular flexibility index (Phi) is 4.51. The molecule has 3 N–H and O–H groups in total. The number of hydrogen-bond donors (Lipinski definition) is 3. The standard InChI is InChI=1S/C12H22N2O3/c1-4-7-13-10(15)8(2)14-12(3,11(16)17)9-5-6-9/h8-9,14H,4-7H2,1-3H3,(H,13,15)(H,16,17). The highest BCUT2D eigenvalue weighted by Crippen LogP contribution is 2.39. The van der Waals surface area contributed by atoms with Crippen molar-refractivity contribution in [1.29, 1.82) is 0 Å². The summed E-state index contributed by atoms with van der Waals surface area (Å²) in [5.41, 5.74) is -0.983. The predicted molar refractivity (Wildman–Crippen MR) is 64.7 cm³/mol. The van der Waals surface area contributed by atoms with E-state index in [0.29, 0.717) is 6.54 Å². The molecule has 0 saturated heterocycles. The van der Waals surface area contributed by atoms with Crippen molar-refractivity contribution in [3.05, 3.63) is 0 Å². The van der Waals surface area contributed by atoms with E-state index >= 15 is 0 Å². The van der Waals surface area contributed by atoms with Gasteiger partial charge in [-0.1, -0.05) is 6.92 Å². The average Bonchev–Trinajstić information content (AvgIpc) is 3.09. The van der Waals surface area contributed by atoms with E-state index in [1.165, 1.54) is 0 Å². The van der Waals surface area contributed by atoms with Crippen LogP contribution in [-0.2, 0) is 9.59 Å². The molecule has 1 fully saturated rings. The second-order valence-electron chi connectivity index (χ2n) is 4.94. The van der Waals surface area contributed by atoms with Gasteiger partial charge < -0.3 is 10.4 Å². The van der Waals surface area contributed by atoms with Gasteiger partial charge in [-0.05, 0) is 39.0 Å². The van der Waals surface area contributed by atoms with Gasteiger partial charge in [0.25, 0.3) is 0 Å². The first-order valence-electron chi connectivity index (χ1n) is 6.20. The molecule has 0 spiro atoms. The van der Waals surface area contributed by atoms with Gasteiger partial charge in [-0.15, -0.1) is 0 Å². The first-order valence-corrected chi connectivity index (χ1v) is 6.20. The van der Waals surface area contributed by atoms with Crippen LogP contribution in [0.25, 0.3) is 0 Å². The number of amides is 1. The maximum absolute atomic E-state index is 11.7. The fourth-order valence-electron chi connectivity index (χ4n) is 1.93. The molecule has 2 unspecified atom stereocenters. The summed E-state index contributed by atoms with van der Waals surface area (Å²) in [5.74, 6) is -0.878. The lowest BCUT2D eigenvalue weighted by Crippen LogP contribution is -2.58. The molecule has 0 aromatic heterocycles. The molecule has 98 valence electrons. The summed E-state index contributed by atoms with van der Waals surface area (Å²) in [6.45, 7) is 5.97. The third-order valence-electron chi connectivity index (χ3n) is 3.30. The molecule has 1 saturated carbocycles. The van der Waals surface area contributed by atoms with Crippen LogP contribution in [0.15, 0.2) is 0 Å². The van der Waals surface area contributed by atoms with E-state index in [9.17, 15) is 14.7 Å². The second kappa shape index (κ2) is 5.49. The third kappa shape index (κ3) is 3.43. The summed E-state index contributed by atoms with van der Waals surface area (Å²) in [7, 11) is 0. The summed E-state index contributed by atoms with van der Waals surface area (Å²) in [4.78, 5) is 23.0. The van der Waals surface area contributed by atoms with Crippen LogP contribution < -0.4 is 10.6 Å². The minimum absolute atomic E-state index is 0.139. The molecule has 1 aliphatic carbocycles. The van der Waals surface area contributed by atoms with Gasteiger partial charge in [0.05, 0.1) is 6.04 Å². The van der Waals surface area contributed by atoms with Crippen molar-refractivity contribution in [2.45, 2.75) is 51.6 Å². The highest BCUT2D eigenvalue weighted by Gasteiger charge is 2.48. The zero-order valence-electron chi connectivity index (χ0n) is 10.7. The molecule has 1 rings (SSSR count). The molecule has 0 radical (unpaired) electrons. The molecule has 0 aromatic carbocycles. The van der Waals surface area contributed by atoms with Crippen molar-refractivity contribution in [2.75, 3.05) is 6.54 Å². The molecule has 17 heavy (non-hydrogen) atoms. The lowest BCUT2D eigenvalue weighted by Gasteiger charge is -2.29. The smallest absolute Gasteiger partial charge is 0.323 e. The number of carbonyl (C=O) groups is 2. The molecule has 0 heterocycles. The van der Waals surface area contributed by atoms with Crippen molar-refractivity contribution in [1.82, 2.24) is 10.6 Å². The van der Waals surface area contributed by atoms with Crippen LogP contribution >= 0.6 is 0 Å². The van der Waals surface area contributed by atoms with E-state index in [4.69, 9.17) is 0 Å². The Hall–Kier alpha value is -1.10. The SMILES string of the molecule is CCCNC(=O)C(C)NC(C)(C(=O)O)C1CC1. The quantitative estimate of drug-likeness (QED) is 0.615. The van der Waals surface area contributed by atoms with Crippen LogP contribution in [0.3, 0.4) is 0 Å². The molecule has 1 amide bonds. The fourth-order valence-corrected chi connectivity index (χ4v) is 1.93. The van der Waals surface area contributed by atoms with E-state index in [-0.39, 0.29) is 11.8 Å². The van der Waals surface area contributed by atoms with Crippen LogP contribution in [-0.4, -0.2) is 35.1 Å². The zero-order valence-corrected chi connectivity index (χ0v) is 10.7.